The van der Waals surface area contributed by atoms with Crippen molar-refractivity contribution in [2.24, 2.45) is 5.18 Å². The number of hydrogen-bond donors (Lipinski definition) is 2. The quantitative estimate of drug-likeness (QED) is 0.417. The lowest BCUT2D eigenvalue weighted by Gasteiger charge is -2.17. The van der Waals surface area contributed by atoms with Crippen molar-refractivity contribution in [2.75, 3.05) is 6.54 Å². The van der Waals surface area contributed by atoms with Crippen LogP contribution in [0.5, 0.6) is 0 Å². The van der Waals surface area contributed by atoms with E-state index in [0.29, 0.717) is 5.76 Å². The Bertz CT molecular complexity index is 352. The molecule has 4 unspecified atom stereocenters. The summed E-state index contributed by atoms with van der Waals surface area (Å²) < 4.78 is 10.6. The lowest BCUT2D eigenvalue weighted by molar-refractivity contribution is -0.137. The number of hydrogen-bond acceptors (Lipinski definition) is 6. The van der Waals surface area contributed by atoms with Crippen molar-refractivity contribution >= 4 is 0 Å². The molecule has 0 bridgehead atoms. The molecule has 1 aliphatic heterocycles. The van der Waals surface area contributed by atoms with Crippen LogP contribution in [-0.2, 0) is 9.47 Å². The number of nitrogens with zero attached hydrogens (tertiary/aromatic N) is 1. The van der Waals surface area contributed by atoms with Crippen LogP contribution in [0, 0.1) is 4.91 Å². The summed E-state index contributed by atoms with van der Waals surface area (Å²) in [6.07, 6.45) is 2.23. The van der Waals surface area contributed by atoms with E-state index in [1.807, 2.05) is 0 Å². The third kappa shape index (κ3) is 3.49. The molecule has 1 fully saturated rings. The van der Waals surface area contributed by atoms with Crippen molar-refractivity contribution in [1.82, 2.24) is 0 Å². The monoisotopic (exact) mass is 255 g/mol. The molecule has 0 aromatic heterocycles. The number of rotatable bonds is 6. The van der Waals surface area contributed by atoms with Crippen LogP contribution in [0.4, 0.5) is 0 Å². The molecule has 0 spiro atoms. The molecule has 0 aliphatic carbocycles. The summed E-state index contributed by atoms with van der Waals surface area (Å²) in [6, 6.07) is 0. The highest BCUT2D eigenvalue weighted by atomic mass is 16.7. The normalized spacial score (nSPS) is 32.7. The maximum absolute atomic E-state index is 10.1. The minimum absolute atomic E-state index is 0.234. The first-order valence-electron chi connectivity index (χ1n) is 5.56. The average Bonchev–Trinajstić information content (AvgIpc) is 2.59. The summed E-state index contributed by atoms with van der Waals surface area (Å²) in [5, 5.41) is 22.0. The van der Waals surface area contributed by atoms with Crippen molar-refractivity contribution < 1.29 is 19.7 Å². The molecule has 1 rings (SSSR count). The third-order valence-electron chi connectivity index (χ3n) is 2.44. The third-order valence-corrected chi connectivity index (χ3v) is 2.44. The fourth-order valence-corrected chi connectivity index (χ4v) is 1.58. The topological polar surface area (TPSA) is 88.4 Å². The molecule has 0 radical (unpaired) electrons. The van der Waals surface area contributed by atoms with Gasteiger partial charge in [0.2, 0.25) is 6.29 Å². The van der Waals surface area contributed by atoms with Crippen LogP contribution in [0.3, 0.4) is 0 Å². The Labute approximate surface area is 105 Å². The molecule has 100 valence electrons. The first-order chi connectivity index (χ1) is 8.63. The van der Waals surface area contributed by atoms with E-state index in [1.54, 1.807) is 25.2 Å². The second-order valence-corrected chi connectivity index (χ2v) is 3.76. The fourth-order valence-electron chi connectivity index (χ4n) is 1.58. The molecule has 6 nitrogen and oxygen atoms in total. The molecule has 0 saturated carbocycles. The lowest BCUT2D eigenvalue weighted by atomic mass is 10.1. The Hall–Kier alpha value is -1.50. The molecular formula is C12H17NO5. The lowest BCUT2D eigenvalue weighted by Crippen LogP contribution is -2.34. The maximum Gasteiger partial charge on any atom is 0.229 e. The van der Waals surface area contributed by atoms with Crippen LogP contribution in [0.2, 0.25) is 0 Å². The van der Waals surface area contributed by atoms with Gasteiger partial charge in [0.05, 0.1) is 0 Å². The predicted octanol–water partition coefficient (Wildman–Crippen LogP) is 0.862. The molecule has 4 atom stereocenters. The molecule has 18 heavy (non-hydrogen) atoms. The van der Waals surface area contributed by atoms with E-state index >= 15 is 0 Å². The molecular weight excluding hydrogens is 238 g/mol. The number of aliphatic hydroxyl groups excluding tert-OH is 2. The summed E-state index contributed by atoms with van der Waals surface area (Å²) in [4.78, 5) is 10.1. The molecule has 6 heteroatoms. The number of nitroso groups, excluding NO2 is 1. The van der Waals surface area contributed by atoms with Crippen molar-refractivity contribution in [2.45, 2.75) is 31.5 Å². The van der Waals surface area contributed by atoms with Gasteiger partial charge in [-0.1, -0.05) is 23.9 Å². The Morgan fingerprint density at radius 1 is 1.50 bits per heavy atom. The van der Waals surface area contributed by atoms with Crippen LogP contribution in [0.25, 0.3) is 0 Å². The Kier molecular flexibility index (Phi) is 5.70. The van der Waals surface area contributed by atoms with E-state index < -0.39 is 24.6 Å². The second-order valence-electron chi connectivity index (χ2n) is 3.76. The van der Waals surface area contributed by atoms with E-state index in [-0.39, 0.29) is 6.54 Å². The van der Waals surface area contributed by atoms with Crippen molar-refractivity contribution in [3.05, 3.63) is 41.5 Å². The Morgan fingerprint density at radius 3 is 2.78 bits per heavy atom. The Morgan fingerprint density at radius 2 is 2.22 bits per heavy atom. The van der Waals surface area contributed by atoms with Crippen LogP contribution in [-0.4, -0.2) is 41.4 Å². The van der Waals surface area contributed by atoms with Gasteiger partial charge in [-0.25, -0.2) is 0 Å². The van der Waals surface area contributed by atoms with E-state index in [4.69, 9.17) is 9.47 Å². The molecule has 1 saturated heterocycles. The first-order valence-corrected chi connectivity index (χ1v) is 5.56. The van der Waals surface area contributed by atoms with Gasteiger partial charge < -0.3 is 19.7 Å². The van der Waals surface area contributed by atoms with E-state index in [1.165, 1.54) is 6.08 Å². The SMILES string of the molecule is C=C/C=C(\C=C/C)OC1OC(CN=O)C(O)C1O. The average molecular weight is 255 g/mol. The predicted molar refractivity (Wildman–Crippen MR) is 65.5 cm³/mol. The summed E-state index contributed by atoms with van der Waals surface area (Å²) in [5.41, 5.74) is 0. The second kappa shape index (κ2) is 7.05. The van der Waals surface area contributed by atoms with Gasteiger partial charge in [0.25, 0.3) is 0 Å². The zero-order valence-electron chi connectivity index (χ0n) is 10.1. The molecule has 1 aliphatic rings. The molecule has 0 amide bonds. The molecule has 1 heterocycles. The highest BCUT2D eigenvalue weighted by molar-refractivity contribution is 5.17. The smallest absolute Gasteiger partial charge is 0.229 e. The standard InChI is InChI=1S/C12H17NO5/c1-3-5-8(6-4-2)17-12-11(15)10(14)9(18-12)7-13-16/h3-6,9-12,14-15H,1,7H2,2H3/b6-4-,8-5+. The highest BCUT2D eigenvalue weighted by Gasteiger charge is 2.44. The summed E-state index contributed by atoms with van der Waals surface area (Å²) >= 11 is 0. The van der Waals surface area contributed by atoms with Crippen molar-refractivity contribution in [1.29, 1.82) is 0 Å². The van der Waals surface area contributed by atoms with Crippen LogP contribution >= 0.6 is 0 Å². The summed E-state index contributed by atoms with van der Waals surface area (Å²) in [7, 11) is 0. The maximum atomic E-state index is 10.1. The minimum Gasteiger partial charge on any atom is -0.462 e. The van der Waals surface area contributed by atoms with Gasteiger partial charge in [0, 0.05) is 0 Å². The van der Waals surface area contributed by atoms with Crippen molar-refractivity contribution in [3.63, 3.8) is 0 Å². The highest BCUT2D eigenvalue weighted by Crippen LogP contribution is 2.24. The van der Waals surface area contributed by atoms with E-state index in [2.05, 4.69) is 11.8 Å². The number of ether oxygens (including phenoxy) is 2. The van der Waals surface area contributed by atoms with Crippen LogP contribution < -0.4 is 0 Å². The molecule has 0 aromatic carbocycles. The minimum atomic E-state index is -1.23. The zero-order chi connectivity index (χ0) is 13.5. The van der Waals surface area contributed by atoms with Gasteiger partial charge >= 0.3 is 0 Å². The van der Waals surface area contributed by atoms with Gasteiger partial charge in [0.1, 0.15) is 30.6 Å². The fraction of sp³-hybridized carbons (Fsp3) is 0.500. The van der Waals surface area contributed by atoms with E-state index in [9.17, 15) is 15.1 Å². The van der Waals surface area contributed by atoms with Gasteiger partial charge in [-0.3, -0.25) is 0 Å². The zero-order valence-corrected chi connectivity index (χ0v) is 10.1. The van der Waals surface area contributed by atoms with E-state index in [0.717, 1.165) is 0 Å². The number of allylic oxidation sites excluding steroid dienone is 4. The number of aliphatic hydroxyl groups is 2. The van der Waals surface area contributed by atoms with Gasteiger partial charge in [-0.05, 0) is 19.1 Å². The van der Waals surface area contributed by atoms with Gasteiger partial charge in [0.15, 0.2) is 0 Å². The molecule has 2 N–H and O–H groups in total. The largest absolute Gasteiger partial charge is 0.462 e. The summed E-state index contributed by atoms with van der Waals surface area (Å²) in [6.45, 7) is 5.11. The first kappa shape index (κ1) is 14.6. The van der Waals surface area contributed by atoms with Crippen LogP contribution in [0.1, 0.15) is 6.92 Å². The van der Waals surface area contributed by atoms with Crippen molar-refractivity contribution in [3.8, 4) is 0 Å². The van der Waals surface area contributed by atoms with Gasteiger partial charge in [-0.15, -0.1) is 0 Å². The van der Waals surface area contributed by atoms with Gasteiger partial charge in [-0.2, -0.15) is 4.91 Å². The molecule has 0 aromatic rings. The Balaban J connectivity index is 2.70. The summed E-state index contributed by atoms with van der Waals surface area (Å²) in [5.74, 6) is 0.434. The van der Waals surface area contributed by atoms with Crippen LogP contribution in [0.15, 0.2) is 41.8 Å².